The second-order valence-corrected chi connectivity index (χ2v) is 5.65. The molecule has 1 aliphatic rings. The molecule has 0 aromatic heterocycles. The van der Waals surface area contributed by atoms with Gasteiger partial charge in [0, 0.05) is 18.7 Å². The van der Waals surface area contributed by atoms with Crippen LogP contribution in [0.1, 0.15) is 30.1 Å². The molecule has 22 heavy (non-hydrogen) atoms. The molecule has 0 saturated carbocycles. The van der Waals surface area contributed by atoms with Gasteiger partial charge in [0.15, 0.2) is 0 Å². The Hall–Kier alpha value is -1.95. The Balaban J connectivity index is 1.80. The molecule has 6 heteroatoms. The first-order valence-electron chi connectivity index (χ1n) is 7.47. The summed E-state index contributed by atoms with van der Waals surface area (Å²) < 4.78 is 13.0. The van der Waals surface area contributed by atoms with Crippen LogP contribution in [0, 0.1) is 11.7 Å². The van der Waals surface area contributed by atoms with E-state index in [2.05, 4.69) is 5.32 Å². The third kappa shape index (κ3) is 4.27. The van der Waals surface area contributed by atoms with Crippen LogP contribution in [0.5, 0.6) is 0 Å². The molecule has 0 aliphatic carbocycles. The minimum absolute atomic E-state index is 0.102. The summed E-state index contributed by atoms with van der Waals surface area (Å²) in [6.07, 6.45) is 1.17. The summed E-state index contributed by atoms with van der Waals surface area (Å²) in [5.41, 5.74) is 0.195. The highest BCUT2D eigenvalue weighted by Crippen LogP contribution is 2.20. The Bertz CT molecular complexity index is 540. The molecule has 1 aromatic carbocycles. The van der Waals surface area contributed by atoms with Crippen molar-refractivity contribution in [2.75, 3.05) is 19.6 Å². The fourth-order valence-corrected chi connectivity index (χ4v) is 2.63. The molecule has 0 bridgehead atoms. The molecule has 1 heterocycles. The number of aliphatic hydroxyl groups is 1. The predicted octanol–water partition coefficient (Wildman–Crippen LogP) is 1.17. The molecule has 2 rings (SSSR count). The molecule has 2 N–H and O–H groups in total. The van der Waals surface area contributed by atoms with E-state index in [0.29, 0.717) is 13.1 Å². The van der Waals surface area contributed by atoms with Crippen LogP contribution in [-0.4, -0.2) is 47.6 Å². The third-order valence-corrected chi connectivity index (χ3v) is 4.06. The van der Waals surface area contributed by atoms with Crippen molar-refractivity contribution in [3.8, 4) is 0 Å². The number of carbonyl (C=O) groups excluding carboxylic acids is 2. The third-order valence-electron chi connectivity index (χ3n) is 4.06. The van der Waals surface area contributed by atoms with Gasteiger partial charge in [-0.05, 0) is 43.9 Å². The highest BCUT2D eigenvalue weighted by atomic mass is 19.1. The van der Waals surface area contributed by atoms with Gasteiger partial charge >= 0.3 is 0 Å². The lowest BCUT2D eigenvalue weighted by Crippen LogP contribution is -2.45. The maximum absolute atomic E-state index is 13.0. The number of rotatable bonds is 4. The lowest BCUT2D eigenvalue weighted by molar-refractivity contribution is -0.132. The Morgan fingerprint density at radius 3 is 2.68 bits per heavy atom. The predicted molar refractivity (Wildman–Crippen MR) is 79.7 cm³/mol. The molecule has 1 atom stereocenters. The summed E-state index contributed by atoms with van der Waals surface area (Å²) in [5, 5.41) is 12.0. The lowest BCUT2D eigenvalue weighted by atomic mass is 9.92. The van der Waals surface area contributed by atoms with E-state index in [1.54, 1.807) is 11.8 Å². The summed E-state index contributed by atoms with van der Waals surface area (Å²) in [7, 11) is 0. The second-order valence-electron chi connectivity index (χ2n) is 5.65. The molecular weight excluding hydrogens is 287 g/mol. The number of carbonyl (C=O) groups is 2. The molecule has 0 spiro atoms. The number of hydrogen-bond acceptors (Lipinski definition) is 3. The Kier molecular flexibility index (Phi) is 5.49. The number of halogens is 1. The van der Waals surface area contributed by atoms with E-state index in [1.165, 1.54) is 18.2 Å². The van der Waals surface area contributed by atoms with Crippen LogP contribution >= 0.6 is 0 Å². The van der Waals surface area contributed by atoms with Crippen LogP contribution in [0.25, 0.3) is 0 Å². The van der Waals surface area contributed by atoms with E-state index in [-0.39, 0.29) is 30.0 Å². The summed E-state index contributed by atoms with van der Waals surface area (Å²) >= 11 is 0. The van der Waals surface area contributed by atoms with Crippen molar-refractivity contribution in [1.82, 2.24) is 10.2 Å². The second kappa shape index (κ2) is 7.35. The summed E-state index contributed by atoms with van der Waals surface area (Å²) in [6, 6.07) is 5.34. The first-order chi connectivity index (χ1) is 10.5. The normalized spacial score (nSPS) is 17.1. The molecule has 2 amide bonds. The van der Waals surface area contributed by atoms with Crippen molar-refractivity contribution < 1.29 is 19.1 Å². The number of nitrogens with one attached hydrogen (secondary N) is 1. The maximum atomic E-state index is 13.0. The van der Waals surface area contributed by atoms with Crippen LogP contribution < -0.4 is 5.32 Å². The average Bonchev–Trinajstić information content (AvgIpc) is 2.52. The fraction of sp³-hybridized carbons (Fsp3) is 0.500. The standard InChI is InChI=1S/C16H21FN2O3/c1-11(20)12-5-7-19(8-6-12)15(21)10-18-16(22)13-3-2-4-14(17)9-13/h2-4,9,11-12,20H,5-8,10H2,1H3,(H,18,22)/t11-/m0/s1. The van der Waals surface area contributed by atoms with Crippen LogP contribution in [-0.2, 0) is 4.79 Å². The van der Waals surface area contributed by atoms with Crippen LogP contribution in [0.4, 0.5) is 4.39 Å². The number of likely N-dealkylation sites (tertiary alicyclic amines) is 1. The first-order valence-corrected chi connectivity index (χ1v) is 7.47. The summed E-state index contributed by atoms with van der Waals surface area (Å²) in [6.45, 7) is 2.84. The number of hydrogen-bond donors (Lipinski definition) is 2. The van der Waals surface area contributed by atoms with E-state index in [4.69, 9.17) is 0 Å². The first kappa shape index (κ1) is 16.4. The van der Waals surface area contributed by atoms with Gasteiger partial charge in [-0.15, -0.1) is 0 Å². The van der Waals surface area contributed by atoms with Crippen LogP contribution in [0.3, 0.4) is 0 Å². The van der Waals surface area contributed by atoms with Crippen molar-refractivity contribution in [2.45, 2.75) is 25.9 Å². The molecule has 5 nitrogen and oxygen atoms in total. The van der Waals surface area contributed by atoms with Gasteiger partial charge in [-0.2, -0.15) is 0 Å². The van der Waals surface area contributed by atoms with Crippen LogP contribution in [0.15, 0.2) is 24.3 Å². The zero-order valence-electron chi connectivity index (χ0n) is 12.6. The number of amides is 2. The molecule has 1 aliphatic heterocycles. The maximum Gasteiger partial charge on any atom is 0.251 e. The van der Waals surface area contributed by atoms with Gasteiger partial charge in [0.1, 0.15) is 5.82 Å². The number of aliphatic hydroxyl groups excluding tert-OH is 1. The molecular formula is C16H21FN2O3. The highest BCUT2D eigenvalue weighted by Gasteiger charge is 2.25. The van der Waals surface area contributed by atoms with E-state index in [1.807, 2.05) is 0 Å². The Morgan fingerprint density at radius 1 is 1.41 bits per heavy atom. The topological polar surface area (TPSA) is 69.6 Å². The highest BCUT2D eigenvalue weighted by molar-refractivity contribution is 5.96. The quantitative estimate of drug-likeness (QED) is 0.877. The number of nitrogens with zero attached hydrogens (tertiary/aromatic N) is 1. The minimum Gasteiger partial charge on any atom is -0.393 e. The number of benzene rings is 1. The van der Waals surface area contributed by atoms with Gasteiger partial charge < -0.3 is 15.3 Å². The van der Waals surface area contributed by atoms with E-state index < -0.39 is 11.7 Å². The summed E-state index contributed by atoms with van der Waals surface area (Å²) in [4.78, 5) is 25.6. The molecule has 0 unspecified atom stereocenters. The van der Waals surface area contributed by atoms with Gasteiger partial charge in [0.25, 0.3) is 5.91 Å². The van der Waals surface area contributed by atoms with E-state index in [0.717, 1.165) is 18.9 Å². The molecule has 0 radical (unpaired) electrons. The zero-order chi connectivity index (χ0) is 16.1. The van der Waals surface area contributed by atoms with E-state index >= 15 is 0 Å². The SMILES string of the molecule is C[C@H](O)C1CCN(C(=O)CNC(=O)c2cccc(F)c2)CC1. The average molecular weight is 308 g/mol. The number of piperidine rings is 1. The van der Waals surface area contributed by atoms with E-state index in [9.17, 15) is 19.1 Å². The van der Waals surface area contributed by atoms with Crippen molar-refractivity contribution in [3.63, 3.8) is 0 Å². The Morgan fingerprint density at radius 2 is 2.09 bits per heavy atom. The Labute approximate surface area is 129 Å². The summed E-state index contributed by atoms with van der Waals surface area (Å²) in [5.74, 6) is -0.884. The van der Waals surface area contributed by atoms with Gasteiger partial charge in [0.2, 0.25) is 5.91 Å². The van der Waals surface area contributed by atoms with Crippen molar-refractivity contribution in [1.29, 1.82) is 0 Å². The largest absolute Gasteiger partial charge is 0.393 e. The molecule has 1 fully saturated rings. The van der Waals surface area contributed by atoms with Crippen molar-refractivity contribution in [3.05, 3.63) is 35.6 Å². The van der Waals surface area contributed by atoms with Gasteiger partial charge in [-0.3, -0.25) is 9.59 Å². The molecule has 120 valence electrons. The molecule has 1 saturated heterocycles. The van der Waals surface area contributed by atoms with Gasteiger partial charge in [0.05, 0.1) is 12.6 Å². The monoisotopic (exact) mass is 308 g/mol. The van der Waals surface area contributed by atoms with Crippen LogP contribution in [0.2, 0.25) is 0 Å². The fourth-order valence-electron chi connectivity index (χ4n) is 2.63. The minimum atomic E-state index is -0.487. The van der Waals surface area contributed by atoms with Gasteiger partial charge in [-0.1, -0.05) is 6.07 Å². The molecule has 1 aromatic rings. The van der Waals surface area contributed by atoms with Gasteiger partial charge in [-0.25, -0.2) is 4.39 Å². The van der Waals surface area contributed by atoms with Crippen molar-refractivity contribution in [2.24, 2.45) is 5.92 Å². The van der Waals surface area contributed by atoms with Crippen molar-refractivity contribution >= 4 is 11.8 Å². The smallest absolute Gasteiger partial charge is 0.251 e. The zero-order valence-corrected chi connectivity index (χ0v) is 12.6. The lowest BCUT2D eigenvalue weighted by Gasteiger charge is -2.33.